The van der Waals surface area contributed by atoms with Gasteiger partial charge in [-0.25, -0.2) is 0 Å². The third kappa shape index (κ3) is 4.53. The van der Waals surface area contributed by atoms with Crippen LogP contribution in [0.15, 0.2) is 150 Å². The van der Waals surface area contributed by atoms with Gasteiger partial charge in [0.05, 0.1) is 22.2 Å². The van der Waals surface area contributed by atoms with Crippen molar-refractivity contribution in [3.8, 4) is 33.4 Å². The highest BCUT2D eigenvalue weighted by atomic mass is 16.3. The summed E-state index contributed by atoms with van der Waals surface area (Å²) in [6, 6.07) is 53.5. The first kappa shape index (κ1) is 35.0. The fourth-order valence-corrected chi connectivity index (χ4v) is 10.8. The molecule has 2 aliphatic rings. The van der Waals surface area contributed by atoms with Gasteiger partial charge in [-0.15, -0.1) is 16.4 Å². The molecule has 1 atom stereocenters. The molecule has 0 fully saturated rings. The van der Waals surface area contributed by atoms with Crippen molar-refractivity contribution in [2.45, 2.75) is 5.41 Å². The van der Waals surface area contributed by atoms with E-state index < -0.39 is 5.41 Å². The molecule has 0 aliphatic heterocycles. The van der Waals surface area contributed by atoms with E-state index >= 15 is 0 Å². The van der Waals surface area contributed by atoms with Crippen LogP contribution in [0.3, 0.4) is 0 Å². The summed E-state index contributed by atoms with van der Waals surface area (Å²) in [5, 5.41) is 2.22. The Hall–Kier alpha value is -6.19. The highest BCUT2D eigenvalue weighted by Crippen LogP contribution is 2.63. The van der Waals surface area contributed by atoms with Gasteiger partial charge in [0, 0.05) is 16.6 Å². The van der Waals surface area contributed by atoms with Crippen LogP contribution in [0.5, 0.6) is 0 Å². The lowest BCUT2D eigenvalue weighted by Gasteiger charge is -2.34. The first-order chi connectivity index (χ1) is 28.2. The largest absolute Gasteiger partial charge is 0.456 e. The summed E-state index contributed by atoms with van der Waals surface area (Å²) in [7, 11) is 16.3. The average molecular weight is 733 g/mol. The number of furan rings is 1. The Kier molecular flexibility index (Phi) is 7.64. The Balaban J connectivity index is 1.27. The fourth-order valence-electron chi connectivity index (χ4n) is 10.8. The number of hydrogen-bond acceptors (Lipinski definition) is 2. The number of fused-ring (bicyclic) bond motifs is 13. The minimum absolute atomic E-state index is 0.486. The Morgan fingerprint density at radius 3 is 1.86 bits per heavy atom. The molecule has 8 aromatic carbocycles. The molecule has 2 aliphatic carbocycles. The van der Waals surface area contributed by atoms with Gasteiger partial charge in [0.1, 0.15) is 66.1 Å². The summed E-state index contributed by atoms with van der Waals surface area (Å²) in [5.41, 5.74) is 27.6. The molecule has 0 bridgehead atoms. The van der Waals surface area contributed by atoms with Crippen LogP contribution in [-0.2, 0) is 5.41 Å². The first-order valence-electron chi connectivity index (χ1n) is 20.5. The number of anilines is 3. The van der Waals surface area contributed by atoms with Gasteiger partial charge in [-0.05, 0) is 86.5 Å². The van der Waals surface area contributed by atoms with Gasteiger partial charge in [-0.3, -0.25) is 0 Å². The topological polar surface area (TPSA) is 16.4 Å². The van der Waals surface area contributed by atoms with Crippen molar-refractivity contribution < 1.29 is 4.42 Å². The summed E-state index contributed by atoms with van der Waals surface area (Å²) in [6.45, 7) is 0. The summed E-state index contributed by atoms with van der Waals surface area (Å²) < 4.78 is 6.55. The minimum Gasteiger partial charge on any atom is -0.456 e. The third-order valence-electron chi connectivity index (χ3n) is 14.0. The minimum atomic E-state index is -0.486. The molecular formula is C49H38B7NO. The third-order valence-corrected chi connectivity index (χ3v) is 14.0. The maximum atomic E-state index is 6.55. The predicted molar refractivity (Wildman–Crippen MR) is 267 cm³/mol. The average Bonchev–Trinajstić information content (AvgIpc) is 3.89. The van der Waals surface area contributed by atoms with Crippen molar-refractivity contribution in [3.05, 3.63) is 168 Å². The lowest BCUT2D eigenvalue weighted by Crippen LogP contribution is -2.51. The smallest absolute Gasteiger partial charge is 0.139 e. The zero-order valence-corrected chi connectivity index (χ0v) is 34.2. The zero-order valence-electron chi connectivity index (χ0n) is 34.2. The first-order valence-corrected chi connectivity index (χ1v) is 20.5. The quantitative estimate of drug-likeness (QED) is 0.250. The molecule has 1 aromatic heterocycles. The van der Waals surface area contributed by atoms with Gasteiger partial charge in [-0.1, -0.05) is 131 Å². The van der Waals surface area contributed by atoms with E-state index in [0.717, 1.165) is 39.0 Å². The summed E-state index contributed by atoms with van der Waals surface area (Å²) >= 11 is 0. The van der Waals surface area contributed by atoms with Crippen molar-refractivity contribution >= 4 is 132 Å². The molecule has 1 spiro atoms. The fraction of sp³-hybridized carbons (Fsp3) is 0.0204. The predicted octanol–water partition coefficient (Wildman–Crippen LogP) is 0.875. The van der Waals surface area contributed by atoms with Crippen molar-refractivity contribution in [2.75, 3.05) is 4.90 Å². The Morgan fingerprint density at radius 2 is 1.05 bits per heavy atom. The van der Waals surface area contributed by atoms with Crippen LogP contribution in [0.25, 0.3) is 55.3 Å². The summed E-state index contributed by atoms with van der Waals surface area (Å²) in [5.74, 6) is 0. The lowest BCUT2D eigenvalue weighted by molar-refractivity contribution is 0.669. The number of nitrogens with zero attached hydrogens (tertiary/aromatic N) is 1. The molecule has 0 N–H and O–H groups in total. The maximum absolute atomic E-state index is 6.55. The Labute approximate surface area is 346 Å². The van der Waals surface area contributed by atoms with Crippen LogP contribution in [0.4, 0.5) is 17.1 Å². The molecule has 0 saturated carbocycles. The molecule has 1 heterocycles. The molecule has 9 aromatic rings. The van der Waals surface area contributed by atoms with Gasteiger partial charge in [-0.2, -0.15) is 0 Å². The lowest BCUT2D eigenvalue weighted by atomic mass is 9.59. The second-order valence-electron chi connectivity index (χ2n) is 16.6. The Morgan fingerprint density at radius 1 is 0.431 bits per heavy atom. The Bertz CT molecular complexity index is 3210. The normalized spacial score (nSPS) is 14.8. The maximum Gasteiger partial charge on any atom is 0.139 e. The van der Waals surface area contributed by atoms with Gasteiger partial charge >= 0.3 is 0 Å². The van der Waals surface area contributed by atoms with Gasteiger partial charge in [0.15, 0.2) is 0 Å². The van der Waals surface area contributed by atoms with Gasteiger partial charge in [0.2, 0.25) is 0 Å². The van der Waals surface area contributed by atoms with E-state index in [1.165, 1.54) is 93.9 Å². The van der Waals surface area contributed by atoms with Crippen molar-refractivity contribution in [3.63, 3.8) is 0 Å². The van der Waals surface area contributed by atoms with Gasteiger partial charge in [0.25, 0.3) is 0 Å². The van der Waals surface area contributed by atoms with Crippen molar-refractivity contribution in [2.24, 2.45) is 0 Å². The molecule has 9 heteroatoms. The van der Waals surface area contributed by atoms with Crippen LogP contribution in [0.1, 0.15) is 22.3 Å². The van der Waals surface area contributed by atoms with Crippen molar-refractivity contribution in [1.82, 2.24) is 0 Å². The molecule has 266 valence electrons. The molecular weight excluding hydrogens is 694 g/mol. The van der Waals surface area contributed by atoms with Crippen LogP contribution < -0.4 is 43.1 Å². The summed E-state index contributed by atoms with van der Waals surface area (Å²) in [6.07, 6.45) is 0. The van der Waals surface area contributed by atoms with E-state index in [1.54, 1.807) is 0 Å². The van der Waals surface area contributed by atoms with Crippen molar-refractivity contribution in [1.29, 1.82) is 0 Å². The van der Waals surface area contributed by atoms with E-state index in [0.29, 0.717) is 0 Å². The highest BCUT2D eigenvalue weighted by Gasteiger charge is 2.54. The highest BCUT2D eigenvalue weighted by molar-refractivity contribution is 6.65. The number of para-hydroxylation sites is 1. The van der Waals surface area contributed by atoms with Gasteiger partial charge < -0.3 is 9.32 Å². The zero-order chi connectivity index (χ0) is 39.6. The monoisotopic (exact) mass is 733 g/mol. The van der Waals surface area contributed by atoms with E-state index in [4.69, 9.17) is 4.42 Å². The molecule has 2 nitrogen and oxygen atoms in total. The standard InChI is InChI=1S/C49H38B7NO/c50-33-24-32-40(44(52)43(33)51)41-42(46(54)48(56)47(55)45(41)53)49(32)30-14-6-4-12-28(30)38-31(49)15-8-16-34(38)57(27-22-20-26(21-23-27)25-10-2-1-3-11-25)35-17-9-19-37-39(35)29-13-5-7-18-36(29)58-37/h1-24H,50-56H2. The van der Waals surface area contributed by atoms with E-state index in [2.05, 4.69) is 205 Å². The van der Waals surface area contributed by atoms with Crippen LogP contribution in [0.2, 0.25) is 0 Å². The van der Waals surface area contributed by atoms with Crippen LogP contribution in [-0.4, -0.2) is 54.9 Å². The molecule has 0 radical (unpaired) electrons. The van der Waals surface area contributed by atoms with Crippen LogP contribution in [0, 0.1) is 0 Å². The summed E-state index contributed by atoms with van der Waals surface area (Å²) in [4.78, 5) is 2.49. The van der Waals surface area contributed by atoms with E-state index in [1.807, 2.05) is 0 Å². The number of hydrogen-bond donors (Lipinski definition) is 0. The SMILES string of the molecule is Bc1cc2c(c(B)c1B)-c1c(B)c(B)c(B)c(B)c1C21c2ccccc2-c2c(N(c3ccc(-c4ccccc4)cc3)c3cccc4oc5ccccc5c34)cccc21. The molecule has 0 amide bonds. The van der Waals surface area contributed by atoms with E-state index in [-0.39, 0.29) is 0 Å². The number of benzene rings is 8. The molecule has 0 saturated heterocycles. The van der Waals surface area contributed by atoms with E-state index in [9.17, 15) is 0 Å². The van der Waals surface area contributed by atoms with Crippen LogP contribution >= 0.6 is 0 Å². The second kappa shape index (κ2) is 12.7. The number of rotatable bonds is 4. The molecule has 11 rings (SSSR count). The second-order valence-corrected chi connectivity index (χ2v) is 16.6. The molecule has 1 unspecified atom stereocenters. The molecule has 58 heavy (non-hydrogen) atoms.